The number of nitrogens with zero attached hydrogens (tertiary/aromatic N) is 2. The number of amides is 4. The number of hydrogen-bond acceptors (Lipinski definition) is 6. The van der Waals surface area contributed by atoms with E-state index in [-0.39, 0.29) is 28.4 Å². The van der Waals surface area contributed by atoms with Crippen molar-refractivity contribution in [2.24, 2.45) is 0 Å². The van der Waals surface area contributed by atoms with E-state index in [4.69, 9.17) is 12.2 Å². The minimum absolute atomic E-state index is 0.0396. The van der Waals surface area contributed by atoms with Crippen molar-refractivity contribution in [3.8, 4) is 0 Å². The second-order valence-electron chi connectivity index (χ2n) is 7.04. The standard InChI is InChI=1S/C24H17N3O4S2/c1-2-12-26-21(29)18(20(28)25-23(26)32)13-15-8-10-16(11-9-15)14-19-22(30)27(24(31)33-19)17-6-4-3-5-7-17/h2-11,13-14H,1,12H2,(H,25,28,32)/b18-13+,19-14-. The number of thioether (sulfide) groups is 1. The molecule has 2 aliphatic rings. The lowest BCUT2D eigenvalue weighted by Crippen LogP contribution is -2.53. The Morgan fingerprint density at radius 1 is 0.909 bits per heavy atom. The Hall–Kier alpha value is -3.82. The number of imide groups is 1. The molecule has 4 amide bonds. The normalized spacial score (nSPS) is 19.0. The smallest absolute Gasteiger partial charge is 0.298 e. The van der Waals surface area contributed by atoms with Crippen molar-refractivity contribution in [2.45, 2.75) is 0 Å². The molecule has 7 nitrogen and oxygen atoms in total. The second kappa shape index (κ2) is 9.35. The maximum absolute atomic E-state index is 12.7. The van der Waals surface area contributed by atoms with E-state index in [1.807, 2.05) is 6.07 Å². The first-order chi connectivity index (χ1) is 15.9. The minimum atomic E-state index is -0.566. The molecule has 0 unspecified atom stereocenters. The number of thiocarbonyl (C=S) groups is 1. The molecule has 9 heteroatoms. The summed E-state index contributed by atoms with van der Waals surface area (Å²) in [4.78, 5) is 52.7. The van der Waals surface area contributed by atoms with E-state index in [0.29, 0.717) is 21.7 Å². The van der Waals surface area contributed by atoms with Crippen molar-refractivity contribution in [3.63, 3.8) is 0 Å². The zero-order valence-electron chi connectivity index (χ0n) is 17.2. The Morgan fingerprint density at radius 2 is 1.55 bits per heavy atom. The van der Waals surface area contributed by atoms with Crippen LogP contribution < -0.4 is 10.2 Å². The van der Waals surface area contributed by atoms with Crippen LogP contribution in [0.15, 0.2) is 77.7 Å². The van der Waals surface area contributed by atoms with Gasteiger partial charge in [-0.2, -0.15) is 0 Å². The van der Waals surface area contributed by atoms with E-state index < -0.39 is 11.8 Å². The van der Waals surface area contributed by atoms with Gasteiger partial charge in [-0.05, 0) is 59.4 Å². The van der Waals surface area contributed by atoms with Gasteiger partial charge in [-0.3, -0.25) is 29.4 Å². The average molecular weight is 476 g/mol. The molecule has 2 aliphatic heterocycles. The number of rotatable bonds is 5. The molecule has 164 valence electrons. The van der Waals surface area contributed by atoms with Crippen LogP contribution in [0.3, 0.4) is 0 Å². The van der Waals surface area contributed by atoms with Gasteiger partial charge in [0.1, 0.15) is 5.57 Å². The molecular weight excluding hydrogens is 458 g/mol. The topological polar surface area (TPSA) is 86.8 Å². The van der Waals surface area contributed by atoms with Crippen LogP contribution in [0.1, 0.15) is 11.1 Å². The highest BCUT2D eigenvalue weighted by Gasteiger charge is 2.36. The number of carbonyl (C=O) groups is 4. The molecule has 0 aromatic heterocycles. The number of anilines is 1. The lowest BCUT2D eigenvalue weighted by Gasteiger charge is -2.27. The van der Waals surface area contributed by atoms with Crippen molar-refractivity contribution < 1.29 is 19.2 Å². The highest BCUT2D eigenvalue weighted by Crippen LogP contribution is 2.35. The van der Waals surface area contributed by atoms with Gasteiger partial charge in [-0.25, -0.2) is 4.90 Å². The summed E-state index contributed by atoms with van der Waals surface area (Å²) >= 11 is 5.91. The monoisotopic (exact) mass is 475 g/mol. The third-order valence-electron chi connectivity index (χ3n) is 4.85. The molecule has 0 bridgehead atoms. The number of nitrogens with one attached hydrogen (secondary N) is 1. The van der Waals surface area contributed by atoms with Crippen LogP contribution >= 0.6 is 24.0 Å². The van der Waals surface area contributed by atoms with Crippen molar-refractivity contribution >= 4 is 69.9 Å². The molecule has 33 heavy (non-hydrogen) atoms. The Morgan fingerprint density at radius 3 is 2.18 bits per heavy atom. The molecule has 0 spiro atoms. The van der Waals surface area contributed by atoms with E-state index in [2.05, 4.69) is 11.9 Å². The molecule has 2 fully saturated rings. The van der Waals surface area contributed by atoms with E-state index in [1.54, 1.807) is 54.6 Å². The molecule has 2 saturated heterocycles. The summed E-state index contributed by atoms with van der Waals surface area (Å²) in [7, 11) is 0. The first kappa shape index (κ1) is 22.4. The summed E-state index contributed by atoms with van der Waals surface area (Å²) < 4.78 is 0. The molecule has 0 aliphatic carbocycles. The summed E-state index contributed by atoms with van der Waals surface area (Å²) in [6.45, 7) is 3.78. The molecule has 4 rings (SSSR count). The fourth-order valence-corrected chi connectivity index (χ4v) is 4.35. The summed E-state index contributed by atoms with van der Waals surface area (Å²) in [5.74, 6) is -1.45. The largest absolute Gasteiger partial charge is 0.298 e. The Labute approximate surface area is 199 Å². The number of para-hydroxylation sites is 1. The molecule has 2 heterocycles. The van der Waals surface area contributed by atoms with E-state index in [9.17, 15) is 19.2 Å². The Balaban J connectivity index is 1.55. The van der Waals surface area contributed by atoms with Crippen LogP contribution in [-0.4, -0.2) is 39.5 Å². The van der Waals surface area contributed by atoms with Crippen molar-refractivity contribution in [1.29, 1.82) is 0 Å². The first-order valence-electron chi connectivity index (χ1n) is 9.82. The number of hydrogen-bond donors (Lipinski definition) is 1. The zero-order chi connectivity index (χ0) is 23.5. The van der Waals surface area contributed by atoms with Gasteiger partial charge >= 0.3 is 0 Å². The van der Waals surface area contributed by atoms with Gasteiger partial charge in [0.15, 0.2) is 5.11 Å². The maximum Gasteiger partial charge on any atom is 0.298 e. The highest BCUT2D eigenvalue weighted by molar-refractivity contribution is 8.19. The van der Waals surface area contributed by atoms with Crippen molar-refractivity contribution in [1.82, 2.24) is 10.2 Å². The molecule has 2 aromatic carbocycles. The third-order valence-corrected chi connectivity index (χ3v) is 6.04. The number of benzene rings is 2. The van der Waals surface area contributed by atoms with Crippen LogP contribution in [-0.2, 0) is 14.4 Å². The number of carbonyl (C=O) groups excluding carboxylic acids is 4. The first-order valence-corrected chi connectivity index (χ1v) is 11.0. The summed E-state index contributed by atoms with van der Waals surface area (Å²) in [5.41, 5.74) is 1.80. The van der Waals surface area contributed by atoms with Gasteiger partial charge in [0.2, 0.25) is 0 Å². The second-order valence-corrected chi connectivity index (χ2v) is 8.42. The SMILES string of the molecule is C=CCN1C(=O)/C(=C/c2ccc(/C=C3\SC(=O)N(c4ccccc4)C3=O)cc2)C(=O)NC1=S. The van der Waals surface area contributed by atoms with Crippen LogP contribution in [0.2, 0.25) is 0 Å². The molecule has 0 atom stereocenters. The van der Waals surface area contributed by atoms with Crippen molar-refractivity contribution in [3.05, 3.63) is 88.9 Å². The fraction of sp³-hybridized carbons (Fsp3) is 0.0417. The quantitative estimate of drug-likeness (QED) is 0.307. The van der Waals surface area contributed by atoms with Gasteiger partial charge in [0.25, 0.3) is 23.0 Å². The van der Waals surface area contributed by atoms with Gasteiger partial charge in [0.05, 0.1) is 10.6 Å². The summed E-state index contributed by atoms with van der Waals surface area (Å²) in [5, 5.41) is 2.18. The van der Waals surface area contributed by atoms with E-state index >= 15 is 0 Å². The van der Waals surface area contributed by atoms with Crippen LogP contribution in [0.5, 0.6) is 0 Å². The predicted molar refractivity (Wildman–Crippen MR) is 132 cm³/mol. The summed E-state index contributed by atoms with van der Waals surface area (Å²) in [6, 6.07) is 15.6. The van der Waals surface area contributed by atoms with Gasteiger partial charge < -0.3 is 0 Å². The zero-order valence-corrected chi connectivity index (χ0v) is 18.8. The molecule has 1 N–H and O–H groups in total. The van der Waals surface area contributed by atoms with Crippen LogP contribution in [0.25, 0.3) is 12.2 Å². The molecule has 0 saturated carbocycles. The van der Waals surface area contributed by atoms with E-state index in [1.165, 1.54) is 17.1 Å². The minimum Gasteiger partial charge on any atom is -0.298 e. The Bertz CT molecular complexity index is 1250. The predicted octanol–water partition coefficient (Wildman–Crippen LogP) is 3.74. The average Bonchev–Trinajstić information content (AvgIpc) is 3.08. The maximum atomic E-state index is 12.7. The van der Waals surface area contributed by atoms with Crippen LogP contribution in [0.4, 0.5) is 10.5 Å². The molecular formula is C24H17N3O4S2. The van der Waals surface area contributed by atoms with Gasteiger partial charge in [-0.15, -0.1) is 6.58 Å². The van der Waals surface area contributed by atoms with E-state index in [0.717, 1.165) is 16.7 Å². The fourth-order valence-electron chi connectivity index (χ4n) is 3.26. The molecule has 2 aromatic rings. The van der Waals surface area contributed by atoms with Gasteiger partial charge in [-0.1, -0.05) is 48.5 Å². The molecule has 0 radical (unpaired) electrons. The third kappa shape index (κ3) is 4.55. The lowest BCUT2D eigenvalue weighted by atomic mass is 10.1. The Kier molecular flexibility index (Phi) is 6.34. The summed E-state index contributed by atoms with van der Waals surface area (Å²) in [6.07, 6.45) is 4.63. The van der Waals surface area contributed by atoms with Gasteiger partial charge in [0, 0.05) is 6.54 Å². The highest BCUT2D eigenvalue weighted by atomic mass is 32.2. The lowest BCUT2D eigenvalue weighted by molar-refractivity contribution is -0.128. The van der Waals surface area contributed by atoms with Crippen LogP contribution in [0, 0.1) is 0 Å². The van der Waals surface area contributed by atoms with Crippen molar-refractivity contribution in [2.75, 3.05) is 11.4 Å².